The van der Waals surface area contributed by atoms with Gasteiger partial charge in [0.1, 0.15) is 11.5 Å². The van der Waals surface area contributed by atoms with E-state index in [2.05, 4.69) is 0 Å². The van der Waals surface area contributed by atoms with Crippen LogP contribution in [0.1, 0.15) is 11.3 Å². The lowest BCUT2D eigenvalue weighted by Crippen LogP contribution is -2.55. The molecule has 0 spiro atoms. The van der Waals surface area contributed by atoms with Gasteiger partial charge in [0, 0.05) is 30.5 Å². The molecule has 2 aromatic rings. The Morgan fingerprint density at radius 2 is 2.17 bits per heavy atom. The fourth-order valence-electron chi connectivity index (χ4n) is 2.82. The highest BCUT2D eigenvalue weighted by Crippen LogP contribution is 2.39. The highest BCUT2D eigenvalue weighted by Gasteiger charge is 2.49. The van der Waals surface area contributed by atoms with E-state index in [4.69, 9.17) is 20.8 Å². The molecule has 1 aliphatic heterocycles. The molecule has 1 fully saturated rings. The molecule has 0 radical (unpaired) electrons. The maximum absolute atomic E-state index is 14.6. The average Bonchev–Trinajstić information content (AvgIpc) is 3.03. The quantitative estimate of drug-likeness (QED) is 0.820. The summed E-state index contributed by atoms with van der Waals surface area (Å²) in [6.07, 6.45) is 2.19. The number of hydrogen-bond donors (Lipinski definition) is 0. The average molecular weight is 356 g/mol. The smallest absolute Gasteiger partial charge is 0.353 e. The zero-order chi connectivity index (χ0) is 17.3. The number of likely N-dealkylation sites (tertiary alicyclic amines) is 1. The largest absolute Gasteiger partial charge is 0.496 e. The van der Waals surface area contributed by atoms with Crippen molar-refractivity contribution in [2.45, 2.75) is 12.3 Å². The first kappa shape index (κ1) is 16.8. The lowest BCUT2D eigenvalue weighted by molar-refractivity contribution is -0.166. The molecule has 0 N–H and O–H groups in total. The van der Waals surface area contributed by atoms with Crippen LogP contribution < -0.4 is 4.74 Å². The predicted octanol–water partition coefficient (Wildman–Crippen LogP) is 3.73. The van der Waals surface area contributed by atoms with Gasteiger partial charge >= 0.3 is 5.92 Å². The van der Waals surface area contributed by atoms with E-state index in [0.29, 0.717) is 6.42 Å². The molecule has 128 valence electrons. The maximum Gasteiger partial charge on any atom is 0.353 e. The predicted molar refractivity (Wildman–Crippen MR) is 84.4 cm³/mol. The first-order valence-electron chi connectivity index (χ1n) is 7.45. The Labute approximate surface area is 143 Å². The summed E-state index contributed by atoms with van der Waals surface area (Å²) in [5, 5.41) is 0.123. The summed E-state index contributed by atoms with van der Waals surface area (Å²) in [6.45, 7) is 0.552. The van der Waals surface area contributed by atoms with E-state index in [1.165, 1.54) is 19.2 Å². The number of carbonyl (C=O) groups excluding carboxylic acids is 1. The molecular weight excluding hydrogens is 340 g/mol. The SMILES string of the molecule is COc1ccc(Cl)cc1C(F)(F)C(=O)N1CC(Cc2ccco2)C1. The third-order valence-corrected chi connectivity index (χ3v) is 4.32. The molecule has 2 heterocycles. The highest BCUT2D eigenvalue weighted by molar-refractivity contribution is 6.30. The molecule has 1 aliphatic rings. The van der Waals surface area contributed by atoms with Crippen molar-refractivity contribution in [1.29, 1.82) is 0 Å². The molecule has 0 saturated carbocycles. The standard InChI is InChI=1S/C17H16ClF2NO3/c1-23-15-5-4-12(18)8-14(15)17(19,20)16(22)21-9-11(10-21)7-13-3-2-6-24-13/h2-6,8,11H,7,9-10H2,1H3. The number of methoxy groups -OCH3 is 1. The fourth-order valence-corrected chi connectivity index (χ4v) is 2.99. The van der Waals surface area contributed by atoms with Crippen LogP contribution in [0.4, 0.5) is 8.78 Å². The Morgan fingerprint density at radius 3 is 2.79 bits per heavy atom. The van der Waals surface area contributed by atoms with Crippen LogP contribution in [0.3, 0.4) is 0 Å². The van der Waals surface area contributed by atoms with Crippen LogP contribution in [0.25, 0.3) is 0 Å². The minimum absolute atomic E-state index is 0.0644. The van der Waals surface area contributed by atoms with Crippen LogP contribution in [0.15, 0.2) is 41.0 Å². The van der Waals surface area contributed by atoms with Crippen molar-refractivity contribution in [2.75, 3.05) is 20.2 Å². The van der Waals surface area contributed by atoms with Gasteiger partial charge in [-0.25, -0.2) is 0 Å². The third-order valence-electron chi connectivity index (χ3n) is 4.08. The van der Waals surface area contributed by atoms with Gasteiger partial charge in [-0.1, -0.05) is 11.6 Å². The molecule has 24 heavy (non-hydrogen) atoms. The van der Waals surface area contributed by atoms with E-state index in [0.717, 1.165) is 16.7 Å². The molecule has 0 unspecified atom stereocenters. The van der Waals surface area contributed by atoms with Crippen molar-refractivity contribution >= 4 is 17.5 Å². The highest BCUT2D eigenvalue weighted by atomic mass is 35.5. The second-order valence-electron chi connectivity index (χ2n) is 5.78. The number of carbonyl (C=O) groups is 1. The van der Waals surface area contributed by atoms with E-state index in [1.54, 1.807) is 12.3 Å². The summed E-state index contributed by atoms with van der Waals surface area (Å²) in [4.78, 5) is 13.4. The van der Waals surface area contributed by atoms with Crippen molar-refractivity contribution in [3.63, 3.8) is 0 Å². The maximum atomic E-state index is 14.6. The normalized spacial score (nSPS) is 15.2. The van der Waals surface area contributed by atoms with Gasteiger partial charge in [-0.2, -0.15) is 8.78 Å². The topological polar surface area (TPSA) is 42.7 Å². The second-order valence-corrected chi connectivity index (χ2v) is 6.22. The first-order valence-corrected chi connectivity index (χ1v) is 7.83. The number of amides is 1. The van der Waals surface area contributed by atoms with Gasteiger partial charge in [-0.3, -0.25) is 4.79 Å². The first-order chi connectivity index (χ1) is 11.4. The molecule has 1 saturated heterocycles. The number of nitrogens with zero attached hydrogens (tertiary/aromatic N) is 1. The molecule has 0 bridgehead atoms. The zero-order valence-corrected chi connectivity index (χ0v) is 13.7. The number of alkyl halides is 2. The van der Waals surface area contributed by atoms with Gasteiger partial charge in [0.15, 0.2) is 0 Å². The second kappa shape index (κ2) is 6.43. The van der Waals surface area contributed by atoms with Crippen molar-refractivity contribution in [2.24, 2.45) is 5.92 Å². The summed E-state index contributed by atoms with van der Waals surface area (Å²) in [6, 6.07) is 7.44. The Kier molecular flexibility index (Phi) is 4.49. The van der Waals surface area contributed by atoms with Gasteiger partial charge < -0.3 is 14.1 Å². The summed E-state index contributed by atoms with van der Waals surface area (Å²) in [7, 11) is 1.27. The van der Waals surface area contributed by atoms with Gasteiger partial charge in [0.2, 0.25) is 0 Å². The van der Waals surface area contributed by atoms with Crippen LogP contribution in [0.5, 0.6) is 5.75 Å². The Hall–Kier alpha value is -2.08. The number of benzene rings is 1. The summed E-state index contributed by atoms with van der Waals surface area (Å²) in [5.41, 5.74) is -0.517. The van der Waals surface area contributed by atoms with Crippen molar-refractivity contribution in [3.8, 4) is 5.75 Å². The number of ether oxygens (including phenoxy) is 1. The molecule has 7 heteroatoms. The number of rotatable bonds is 5. The zero-order valence-electron chi connectivity index (χ0n) is 13.0. The Balaban J connectivity index is 1.69. The molecule has 0 atom stereocenters. The Bertz CT molecular complexity index is 727. The molecule has 0 aliphatic carbocycles. The number of hydrogen-bond acceptors (Lipinski definition) is 3. The molecule has 1 amide bonds. The van der Waals surface area contributed by atoms with Gasteiger partial charge in [0.25, 0.3) is 5.91 Å². The molecular formula is C17H16ClF2NO3. The summed E-state index contributed by atoms with van der Waals surface area (Å²) >= 11 is 5.79. The van der Waals surface area contributed by atoms with E-state index in [1.807, 2.05) is 6.07 Å². The lowest BCUT2D eigenvalue weighted by atomic mass is 9.93. The lowest BCUT2D eigenvalue weighted by Gasteiger charge is -2.40. The van der Waals surface area contributed by atoms with Crippen LogP contribution in [0.2, 0.25) is 5.02 Å². The van der Waals surface area contributed by atoms with E-state index < -0.39 is 17.4 Å². The minimum Gasteiger partial charge on any atom is -0.496 e. The molecule has 3 rings (SSSR count). The minimum atomic E-state index is -3.69. The van der Waals surface area contributed by atoms with Crippen molar-refractivity contribution < 1.29 is 22.7 Å². The van der Waals surface area contributed by atoms with Crippen LogP contribution >= 0.6 is 11.6 Å². The van der Waals surface area contributed by atoms with E-state index in [-0.39, 0.29) is 29.8 Å². The molecule has 4 nitrogen and oxygen atoms in total. The summed E-state index contributed by atoms with van der Waals surface area (Å²) in [5.74, 6) is -4.08. The van der Waals surface area contributed by atoms with E-state index in [9.17, 15) is 13.6 Å². The van der Waals surface area contributed by atoms with Crippen molar-refractivity contribution in [3.05, 3.63) is 52.9 Å². The van der Waals surface area contributed by atoms with Crippen LogP contribution in [-0.2, 0) is 17.1 Å². The molecule has 1 aromatic heterocycles. The monoisotopic (exact) mass is 355 g/mol. The van der Waals surface area contributed by atoms with Gasteiger partial charge in [-0.15, -0.1) is 0 Å². The summed E-state index contributed by atoms with van der Waals surface area (Å²) < 4.78 is 39.4. The number of furan rings is 1. The van der Waals surface area contributed by atoms with Gasteiger partial charge in [-0.05, 0) is 30.3 Å². The number of halogens is 3. The van der Waals surface area contributed by atoms with E-state index >= 15 is 0 Å². The molecule has 1 aromatic carbocycles. The fraction of sp³-hybridized carbons (Fsp3) is 0.353. The van der Waals surface area contributed by atoms with Crippen LogP contribution in [0, 0.1) is 5.92 Å². The van der Waals surface area contributed by atoms with Crippen molar-refractivity contribution in [1.82, 2.24) is 4.90 Å². The Morgan fingerprint density at radius 1 is 1.42 bits per heavy atom. The van der Waals surface area contributed by atoms with Gasteiger partial charge in [0.05, 0.1) is 18.9 Å². The third kappa shape index (κ3) is 3.11. The van der Waals surface area contributed by atoms with Crippen LogP contribution in [-0.4, -0.2) is 31.0 Å².